The molecule has 0 N–H and O–H groups in total. The topological polar surface area (TPSA) is 51.7 Å². The van der Waals surface area contributed by atoms with Gasteiger partial charge in [-0.25, -0.2) is 4.39 Å². The van der Waals surface area contributed by atoms with E-state index in [0.29, 0.717) is 39.1 Å². The predicted octanol–water partition coefficient (Wildman–Crippen LogP) is 1.86. The summed E-state index contributed by atoms with van der Waals surface area (Å²) in [4.78, 5) is 17.6. The van der Waals surface area contributed by atoms with Crippen LogP contribution in [-0.2, 0) is 20.9 Å². The molecule has 2 aliphatic heterocycles. The SMILES string of the molecule is O=C(N1CC2(C[C@H](OCc3ccncc3)CCO2)C1)C1(F)CC1. The van der Waals surface area contributed by atoms with Gasteiger partial charge in [0.05, 0.1) is 25.8 Å². The molecule has 3 aliphatic rings. The van der Waals surface area contributed by atoms with E-state index in [0.717, 1.165) is 18.4 Å². The van der Waals surface area contributed by atoms with Gasteiger partial charge in [0.15, 0.2) is 5.67 Å². The summed E-state index contributed by atoms with van der Waals surface area (Å²) in [5.41, 5.74) is -0.811. The number of carbonyl (C=O) groups excluding carboxylic acids is 1. The van der Waals surface area contributed by atoms with E-state index in [1.807, 2.05) is 12.1 Å². The molecule has 1 saturated carbocycles. The van der Waals surface area contributed by atoms with Crippen molar-refractivity contribution < 1.29 is 18.7 Å². The van der Waals surface area contributed by atoms with Crippen molar-refractivity contribution in [3.63, 3.8) is 0 Å². The maximum atomic E-state index is 13.8. The fraction of sp³-hybridized carbons (Fsp3) is 0.647. The highest BCUT2D eigenvalue weighted by Gasteiger charge is 2.58. The second-order valence-electron chi connectivity index (χ2n) is 6.94. The fourth-order valence-corrected chi connectivity index (χ4v) is 3.44. The highest BCUT2D eigenvalue weighted by atomic mass is 19.1. The predicted molar refractivity (Wildman–Crippen MR) is 80.4 cm³/mol. The molecule has 5 nitrogen and oxygen atoms in total. The van der Waals surface area contributed by atoms with Crippen molar-refractivity contribution in [2.45, 2.75) is 49.7 Å². The Kier molecular flexibility index (Phi) is 3.61. The van der Waals surface area contributed by atoms with Crippen molar-refractivity contribution in [1.82, 2.24) is 9.88 Å². The van der Waals surface area contributed by atoms with Crippen LogP contribution in [0.25, 0.3) is 0 Å². The lowest BCUT2D eigenvalue weighted by Crippen LogP contribution is -2.68. The smallest absolute Gasteiger partial charge is 0.260 e. The molecular formula is C17H21FN2O3. The minimum absolute atomic E-state index is 0.120. The van der Waals surface area contributed by atoms with E-state index in [1.165, 1.54) is 0 Å². The second-order valence-corrected chi connectivity index (χ2v) is 6.94. The normalized spacial score (nSPS) is 27.5. The number of hydrogen-bond acceptors (Lipinski definition) is 4. The largest absolute Gasteiger partial charge is 0.373 e. The Labute approximate surface area is 134 Å². The van der Waals surface area contributed by atoms with Crippen LogP contribution >= 0.6 is 0 Å². The summed E-state index contributed by atoms with van der Waals surface area (Å²) in [7, 11) is 0. The highest BCUT2D eigenvalue weighted by Crippen LogP contribution is 2.44. The summed E-state index contributed by atoms with van der Waals surface area (Å²) in [5.74, 6) is -0.355. The molecule has 1 aromatic heterocycles. The summed E-state index contributed by atoms with van der Waals surface area (Å²) in [6, 6.07) is 3.88. The molecular weight excluding hydrogens is 299 g/mol. The van der Waals surface area contributed by atoms with Gasteiger partial charge in [0.25, 0.3) is 5.91 Å². The molecule has 3 fully saturated rings. The quantitative estimate of drug-likeness (QED) is 0.850. The number of ether oxygens (including phenoxy) is 2. The molecule has 1 atom stereocenters. The molecule has 0 bridgehead atoms. The molecule has 0 unspecified atom stereocenters. The van der Waals surface area contributed by atoms with Crippen LogP contribution in [0.2, 0.25) is 0 Å². The lowest BCUT2D eigenvalue weighted by atomic mass is 9.84. The molecule has 6 heteroatoms. The van der Waals surface area contributed by atoms with Crippen molar-refractivity contribution in [3.05, 3.63) is 30.1 Å². The molecule has 3 heterocycles. The van der Waals surface area contributed by atoms with Crippen LogP contribution in [0.1, 0.15) is 31.2 Å². The minimum atomic E-state index is -1.58. The van der Waals surface area contributed by atoms with Gasteiger partial charge >= 0.3 is 0 Å². The summed E-state index contributed by atoms with van der Waals surface area (Å²) >= 11 is 0. The van der Waals surface area contributed by atoms with Gasteiger partial charge in [-0.15, -0.1) is 0 Å². The zero-order valence-electron chi connectivity index (χ0n) is 13.0. The first kappa shape index (κ1) is 15.0. The van der Waals surface area contributed by atoms with E-state index in [9.17, 15) is 9.18 Å². The Hall–Kier alpha value is -1.53. The van der Waals surface area contributed by atoms with E-state index < -0.39 is 5.67 Å². The van der Waals surface area contributed by atoms with Gasteiger partial charge in [-0.05, 0) is 37.0 Å². The maximum Gasteiger partial charge on any atom is 0.260 e. The van der Waals surface area contributed by atoms with Gasteiger partial charge in [0, 0.05) is 25.4 Å². The molecule has 1 spiro atoms. The van der Waals surface area contributed by atoms with Crippen molar-refractivity contribution >= 4 is 5.91 Å². The summed E-state index contributed by atoms with van der Waals surface area (Å²) in [5, 5.41) is 0. The van der Waals surface area contributed by atoms with Crippen LogP contribution in [0.15, 0.2) is 24.5 Å². The molecule has 2 saturated heterocycles. The van der Waals surface area contributed by atoms with Gasteiger partial charge < -0.3 is 14.4 Å². The van der Waals surface area contributed by atoms with Crippen LogP contribution in [0.5, 0.6) is 0 Å². The van der Waals surface area contributed by atoms with Crippen LogP contribution in [-0.4, -0.2) is 52.9 Å². The maximum absolute atomic E-state index is 13.8. The fourth-order valence-electron chi connectivity index (χ4n) is 3.44. The van der Waals surface area contributed by atoms with Crippen LogP contribution in [0.3, 0.4) is 0 Å². The van der Waals surface area contributed by atoms with Crippen LogP contribution in [0, 0.1) is 0 Å². The van der Waals surface area contributed by atoms with Crippen molar-refractivity contribution in [3.8, 4) is 0 Å². The third-order valence-corrected chi connectivity index (χ3v) is 5.00. The third kappa shape index (κ3) is 2.97. The Morgan fingerprint density at radius 3 is 2.83 bits per heavy atom. The average molecular weight is 320 g/mol. The number of rotatable bonds is 4. The molecule has 23 heavy (non-hydrogen) atoms. The third-order valence-electron chi connectivity index (χ3n) is 5.00. The number of nitrogens with zero attached hydrogens (tertiary/aromatic N) is 2. The number of amides is 1. The van der Waals surface area contributed by atoms with Crippen molar-refractivity contribution in [2.24, 2.45) is 0 Å². The number of aromatic nitrogens is 1. The lowest BCUT2D eigenvalue weighted by Gasteiger charge is -2.53. The van der Waals surface area contributed by atoms with E-state index >= 15 is 0 Å². The molecule has 1 aromatic rings. The molecule has 1 aliphatic carbocycles. The average Bonchev–Trinajstić information content (AvgIpc) is 3.30. The first-order valence-electron chi connectivity index (χ1n) is 8.21. The zero-order valence-corrected chi connectivity index (χ0v) is 13.0. The summed E-state index contributed by atoms with van der Waals surface area (Å²) in [6.45, 7) is 2.17. The number of halogens is 1. The van der Waals surface area contributed by atoms with Gasteiger partial charge in [-0.1, -0.05) is 0 Å². The second kappa shape index (κ2) is 5.53. The first-order chi connectivity index (χ1) is 11.1. The minimum Gasteiger partial charge on any atom is -0.373 e. The Morgan fingerprint density at radius 1 is 1.39 bits per heavy atom. The monoisotopic (exact) mass is 320 g/mol. The number of hydrogen-bond donors (Lipinski definition) is 0. The van der Waals surface area contributed by atoms with Gasteiger partial charge in [-0.3, -0.25) is 9.78 Å². The van der Waals surface area contributed by atoms with Crippen molar-refractivity contribution in [1.29, 1.82) is 0 Å². The van der Waals surface area contributed by atoms with Gasteiger partial charge in [-0.2, -0.15) is 0 Å². The number of carbonyl (C=O) groups is 1. The molecule has 0 aromatic carbocycles. The van der Waals surface area contributed by atoms with Crippen LogP contribution in [0.4, 0.5) is 4.39 Å². The Morgan fingerprint density at radius 2 is 2.13 bits per heavy atom. The first-order valence-corrected chi connectivity index (χ1v) is 8.21. The van der Waals surface area contributed by atoms with E-state index in [-0.39, 0.29) is 17.6 Å². The zero-order chi connectivity index (χ0) is 15.9. The number of pyridine rings is 1. The van der Waals surface area contributed by atoms with Gasteiger partial charge in [0.1, 0.15) is 5.60 Å². The van der Waals surface area contributed by atoms with E-state index in [4.69, 9.17) is 9.47 Å². The molecule has 124 valence electrons. The summed E-state index contributed by atoms with van der Waals surface area (Å²) < 4.78 is 25.7. The molecule has 4 rings (SSSR count). The lowest BCUT2D eigenvalue weighted by molar-refractivity contribution is -0.205. The molecule has 0 radical (unpaired) electrons. The highest BCUT2D eigenvalue weighted by molar-refractivity contribution is 5.88. The van der Waals surface area contributed by atoms with Crippen LogP contribution < -0.4 is 0 Å². The number of alkyl halides is 1. The summed E-state index contributed by atoms with van der Waals surface area (Å²) in [6.07, 6.45) is 5.99. The molecule has 1 amide bonds. The standard InChI is InChI=1S/C17H21FN2O3/c18-17(4-5-17)15(21)20-11-16(12-20)9-14(3-8-23-16)22-10-13-1-6-19-7-2-13/h1-2,6-7,14H,3-5,8-12H2/t14-/m1/s1. The Bertz CT molecular complexity index is 585. The number of likely N-dealkylation sites (tertiary alicyclic amines) is 1. The Balaban J connectivity index is 1.29. The van der Waals surface area contributed by atoms with E-state index in [1.54, 1.807) is 17.3 Å². The van der Waals surface area contributed by atoms with Crippen molar-refractivity contribution in [2.75, 3.05) is 19.7 Å². The van der Waals surface area contributed by atoms with Gasteiger partial charge in [0.2, 0.25) is 0 Å². The van der Waals surface area contributed by atoms with E-state index in [2.05, 4.69) is 4.98 Å².